The lowest BCUT2D eigenvalue weighted by atomic mass is 9.80. The highest BCUT2D eigenvalue weighted by Crippen LogP contribution is 2.31. The van der Waals surface area contributed by atoms with Crippen LogP contribution in [0.4, 0.5) is 0 Å². The van der Waals surface area contributed by atoms with Crippen molar-refractivity contribution in [1.82, 2.24) is 5.32 Å². The van der Waals surface area contributed by atoms with E-state index in [1.54, 1.807) is 0 Å². The number of hydrogen-bond donors (Lipinski definition) is 1. The number of ether oxygens (including phenoxy) is 1. The predicted molar refractivity (Wildman–Crippen MR) is 55.9 cm³/mol. The Bertz CT molecular complexity index is 139. The average Bonchev–Trinajstić information content (AvgIpc) is 2.16. The van der Waals surface area contributed by atoms with E-state index in [9.17, 15) is 0 Å². The maximum atomic E-state index is 5.57. The molecule has 1 saturated heterocycles. The molecule has 1 N–H and O–H groups in total. The van der Waals surface area contributed by atoms with Crippen LogP contribution in [0.3, 0.4) is 0 Å². The van der Waals surface area contributed by atoms with Crippen molar-refractivity contribution in [2.24, 2.45) is 5.41 Å². The van der Waals surface area contributed by atoms with Crippen LogP contribution in [0.15, 0.2) is 0 Å². The Hall–Kier alpha value is -0.0800. The van der Waals surface area contributed by atoms with Crippen molar-refractivity contribution in [3.8, 4) is 0 Å². The fourth-order valence-corrected chi connectivity index (χ4v) is 1.87. The third-order valence-corrected chi connectivity index (χ3v) is 3.04. The lowest BCUT2D eigenvalue weighted by Crippen LogP contribution is -2.42. The Morgan fingerprint density at radius 1 is 1.46 bits per heavy atom. The monoisotopic (exact) mass is 185 g/mol. The van der Waals surface area contributed by atoms with Gasteiger partial charge in [0.25, 0.3) is 0 Å². The highest BCUT2D eigenvalue weighted by Gasteiger charge is 2.30. The second kappa shape index (κ2) is 4.97. The van der Waals surface area contributed by atoms with Crippen molar-refractivity contribution < 1.29 is 4.74 Å². The standard InChI is InChI=1S/C11H23NO/c1-4-11(8-12-10(2)3)6-5-7-13-9-11/h10,12H,4-9H2,1-3H3. The zero-order valence-corrected chi connectivity index (χ0v) is 9.23. The molecule has 0 aromatic rings. The molecule has 0 amide bonds. The zero-order valence-electron chi connectivity index (χ0n) is 9.23. The quantitative estimate of drug-likeness (QED) is 0.725. The molecule has 1 fully saturated rings. The summed E-state index contributed by atoms with van der Waals surface area (Å²) in [4.78, 5) is 0. The second-order valence-electron chi connectivity index (χ2n) is 4.55. The van der Waals surface area contributed by atoms with Crippen LogP contribution in [0.2, 0.25) is 0 Å². The van der Waals surface area contributed by atoms with Crippen LogP contribution >= 0.6 is 0 Å². The van der Waals surface area contributed by atoms with E-state index in [0.717, 1.165) is 19.8 Å². The molecule has 1 rings (SSSR count). The number of hydrogen-bond acceptors (Lipinski definition) is 2. The third kappa shape index (κ3) is 3.28. The van der Waals surface area contributed by atoms with Crippen LogP contribution < -0.4 is 5.32 Å². The molecule has 1 unspecified atom stereocenters. The first-order chi connectivity index (χ1) is 6.18. The molecule has 0 bridgehead atoms. The molecule has 1 heterocycles. The molecule has 2 nitrogen and oxygen atoms in total. The van der Waals surface area contributed by atoms with E-state index in [1.807, 2.05) is 0 Å². The molecule has 1 aliphatic heterocycles. The Kier molecular flexibility index (Phi) is 4.20. The van der Waals surface area contributed by atoms with E-state index < -0.39 is 0 Å². The normalized spacial score (nSPS) is 29.5. The summed E-state index contributed by atoms with van der Waals surface area (Å²) in [6, 6.07) is 0.588. The first-order valence-electron chi connectivity index (χ1n) is 5.50. The maximum absolute atomic E-state index is 5.57. The molecule has 13 heavy (non-hydrogen) atoms. The van der Waals surface area contributed by atoms with Crippen LogP contribution in [0, 0.1) is 5.41 Å². The van der Waals surface area contributed by atoms with Gasteiger partial charge in [0.1, 0.15) is 0 Å². The van der Waals surface area contributed by atoms with Crippen molar-refractivity contribution in [2.75, 3.05) is 19.8 Å². The van der Waals surface area contributed by atoms with Crippen LogP contribution in [0.1, 0.15) is 40.0 Å². The number of nitrogens with one attached hydrogen (secondary N) is 1. The maximum Gasteiger partial charge on any atom is 0.0534 e. The highest BCUT2D eigenvalue weighted by atomic mass is 16.5. The van der Waals surface area contributed by atoms with Gasteiger partial charge in [0.15, 0.2) is 0 Å². The van der Waals surface area contributed by atoms with Crippen molar-refractivity contribution in [3.05, 3.63) is 0 Å². The molecular formula is C11H23NO. The Morgan fingerprint density at radius 2 is 2.23 bits per heavy atom. The van der Waals surface area contributed by atoms with E-state index in [-0.39, 0.29) is 0 Å². The fraction of sp³-hybridized carbons (Fsp3) is 1.00. The molecule has 0 saturated carbocycles. The van der Waals surface area contributed by atoms with Crippen LogP contribution in [-0.2, 0) is 4.74 Å². The van der Waals surface area contributed by atoms with Crippen molar-refractivity contribution in [2.45, 2.75) is 46.1 Å². The first-order valence-corrected chi connectivity index (χ1v) is 5.50. The summed E-state index contributed by atoms with van der Waals surface area (Å²) in [6.45, 7) is 9.70. The predicted octanol–water partition coefficient (Wildman–Crippen LogP) is 2.19. The van der Waals surface area contributed by atoms with E-state index in [2.05, 4.69) is 26.1 Å². The van der Waals surface area contributed by atoms with Crippen LogP contribution in [0.25, 0.3) is 0 Å². The Labute approximate surface area is 82.0 Å². The summed E-state index contributed by atoms with van der Waals surface area (Å²) in [7, 11) is 0. The minimum Gasteiger partial charge on any atom is -0.381 e. The van der Waals surface area contributed by atoms with Gasteiger partial charge in [-0.05, 0) is 19.3 Å². The summed E-state index contributed by atoms with van der Waals surface area (Å²) >= 11 is 0. The van der Waals surface area contributed by atoms with Gasteiger partial charge in [0.05, 0.1) is 6.61 Å². The van der Waals surface area contributed by atoms with Crippen molar-refractivity contribution >= 4 is 0 Å². The fourth-order valence-electron chi connectivity index (χ4n) is 1.87. The van der Waals surface area contributed by atoms with Crippen LogP contribution in [-0.4, -0.2) is 25.8 Å². The van der Waals surface area contributed by atoms with Crippen molar-refractivity contribution in [3.63, 3.8) is 0 Å². The smallest absolute Gasteiger partial charge is 0.0534 e. The molecule has 2 heteroatoms. The lowest BCUT2D eigenvalue weighted by Gasteiger charge is -2.37. The van der Waals surface area contributed by atoms with Gasteiger partial charge in [0.2, 0.25) is 0 Å². The van der Waals surface area contributed by atoms with Gasteiger partial charge in [0, 0.05) is 24.6 Å². The minimum atomic E-state index is 0.419. The SMILES string of the molecule is CCC1(CNC(C)C)CCCOC1. The summed E-state index contributed by atoms with van der Waals surface area (Å²) < 4.78 is 5.57. The molecule has 78 valence electrons. The van der Waals surface area contributed by atoms with Gasteiger partial charge in [-0.2, -0.15) is 0 Å². The lowest BCUT2D eigenvalue weighted by molar-refractivity contribution is -0.0102. The van der Waals surface area contributed by atoms with Crippen molar-refractivity contribution in [1.29, 1.82) is 0 Å². The Balaban J connectivity index is 2.38. The largest absolute Gasteiger partial charge is 0.381 e. The van der Waals surface area contributed by atoms with Gasteiger partial charge >= 0.3 is 0 Å². The molecule has 0 aliphatic carbocycles. The summed E-state index contributed by atoms with van der Waals surface area (Å²) in [6.07, 6.45) is 3.78. The van der Waals surface area contributed by atoms with E-state index >= 15 is 0 Å². The molecule has 0 aromatic heterocycles. The second-order valence-corrected chi connectivity index (χ2v) is 4.55. The van der Waals surface area contributed by atoms with Gasteiger partial charge in [-0.25, -0.2) is 0 Å². The number of rotatable bonds is 4. The summed E-state index contributed by atoms with van der Waals surface area (Å²) in [5.74, 6) is 0. The minimum absolute atomic E-state index is 0.419. The molecular weight excluding hydrogens is 162 g/mol. The topological polar surface area (TPSA) is 21.3 Å². The van der Waals surface area contributed by atoms with Gasteiger partial charge in [-0.1, -0.05) is 20.8 Å². The Morgan fingerprint density at radius 3 is 2.69 bits per heavy atom. The molecule has 1 aliphatic rings. The van der Waals surface area contributed by atoms with Gasteiger partial charge in [-0.3, -0.25) is 0 Å². The van der Waals surface area contributed by atoms with E-state index in [0.29, 0.717) is 11.5 Å². The first kappa shape index (κ1) is 11.0. The molecule has 1 atom stereocenters. The molecule has 0 aromatic carbocycles. The summed E-state index contributed by atoms with van der Waals surface area (Å²) in [5, 5.41) is 3.53. The van der Waals surface area contributed by atoms with E-state index in [1.165, 1.54) is 19.3 Å². The van der Waals surface area contributed by atoms with Crippen LogP contribution in [0.5, 0.6) is 0 Å². The van der Waals surface area contributed by atoms with E-state index in [4.69, 9.17) is 4.74 Å². The summed E-state index contributed by atoms with van der Waals surface area (Å²) in [5.41, 5.74) is 0.419. The van der Waals surface area contributed by atoms with Gasteiger partial charge in [-0.15, -0.1) is 0 Å². The molecule has 0 spiro atoms. The third-order valence-electron chi connectivity index (χ3n) is 3.04. The average molecular weight is 185 g/mol. The molecule has 0 radical (unpaired) electrons. The highest BCUT2D eigenvalue weighted by molar-refractivity contribution is 4.83. The van der Waals surface area contributed by atoms with Gasteiger partial charge < -0.3 is 10.1 Å². The zero-order chi connectivity index (χ0) is 9.73.